The van der Waals surface area contributed by atoms with E-state index in [-0.39, 0.29) is 22.5 Å². The summed E-state index contributed by atoms with van der Waals surface area (Å²) in [6.45, 7) is 3.43. The van der Waals surface area contributed by atoms with Crippen LogP contribution in [0.1, 0.15) is 18.4 Å². The van der Waals surface area contributed by atoms with Gasteiger partial charge in [-0.3, -0.25) is 10.1 Å². The van der Waals surface area contributed by atoms with Crippen molar-refractivity contribution >= 4 is 17.1 Å². The van der Waals surface area contributed by atoms with Crippen LogP contribution in [-0.2, 0) is 0 Å². The molecule has 1 heterocycles. The maximum absolute atomic E-state index is 13.7. The van der Waals surface area contributed by atoms with Gasteiger partial charge in [0.2, 0.25) is 0 Å². The van der Waals surface area contributed by atoms with Crippen molar-refractivity contribution < 1.29 is 9.31 Å². The molecule has 2 aromatic carbocycles. The number of nitro benzene ring substituents is 1. The SMILES string of the molecule is Cc1cc(N2CCC(Nc3ccccc3F)CC2)ccc1[N+](=O)[O-]. The van der Waals surface area contributed by atoms with Crippen LogP contribution in [0.15, 0.2) is 42.5 Å². The van der Waals surface area contributed by atoms with Gasteiger partial charge in [0.05, 0.1) is 10.6 Å². The van der Waals surface area contributed by atoms with Crippen molar-refractivity contribution in [2.24, 2.45) is 0 Å². The largest absolute Gasteiger partial charge is 0.380 e. The van der Waals surface area contributed by atoms with Crippen LogP contribution in [0.5, 0.6) is 0 Å². The van der Waals surface area contributed by atoms with Crippen molar-refractivity contribution in [1.29, 1.82) is 0 Å². The van der Waals surface area contributed by atoms with Crippen LogP contribution in [-0.4, -0.2) is 24.1 Å². The molecule has 6 heteroatoms. The van der Waals surface area contributed by atoms with Gasteiger partial charge in [0.15, 0.2) is 0 Å². The molecule has 24 heavy (non-hydrogen) atoms. The van der Waals surface area contributed by atoms with Crippen LogP contribution in [0.2, 0.25) is 0 Å². The van der Waals surface area contributed by atoms with Crippen molar-refractivity contribution in [3.05, 3.63) is 64.0 Å². The van der Waals surface area contributed by atoms with E-state index < -0.39 is 0 Å². The third kappa shape index (κ3) is 3.48. The maximum Gasteiger partial charge on any atom is 0.272 e. The summed E-state index contributed by atoms with van der Waals surface area (Å²) in [5.74, 6) is -0.231. The van der Waals surface area contributed by atoms with E-state index in [4.69, 9.17) is 0 Å². The van der Waals surface area contributed by atoms with Crippen molar-refractivity contribution in [3.8, 4) is 0 Å². The zero-order chi connectivity index (χ0) is 17.1. The van der Waals surface area contributed by atoms with Crippen LogP contribution in [0.25, 0.3) is 0 Å². The Morgan fingerprint density at radius 1 is 1.21 bits per heavy atom. The molecular formula is C18H20FN3O2. The van der Waals surface area contributed by atoms with E-state index >= 15 is 0 Å². The van der Waals surface area contributed by atoms with Gasteiger partial charge in [-0.2, -0.15) is 0 Å². The average molecular weight is 329 g/mol. The van der Waals surface area contributed by atoms with E-state index in [0.29, 0.717) is 11.3 Å². The molecule has 1 aliphatic rings. The van der Waals surface area contributed by atoms with E-state index in [2.05, 4.69) is 10.2 Å². The Morgan fingerprint density at radius 2 is 1.92 bits per heavy atom. The number of para-hydroxylation sites is 1. The molecule has 0 aliphatic carbocycles. The molecule has 1 fully saturated rings. The summed E-state index contributed by atoms with van der Waals surface area (Å²) in [5, 5.41) is 14.2. The molecule has 0 atom stereocenters. The Kier molecular flexibility index (Phi) is 4.64. The van der Waals surface area contributed by atoms with Gasteiger partial charge in [-0.25, -0.2) is 4.39 Å². The van der Waals surface area contributed by atoms with Gasteiger partial charge >= 0.3 is 0 Å². The Morgan fingerprint density at radius 3 is 2.54 bits per heavy atom. The smallest absolute Gasteiger partial charge is 0.272 e. The number of hydrogen-bond acceptors (Lipinski definition) is 4. The number of nitrogens with one attached hydrogen (secondary N) is 1. The normalized spacial score (nSPS) is 15.3. The van der Waals surface area contributed by atoms with Crippen molar-refractivity contribution in [2.45, 2.75) is 25.8 Å². The van der Waals surface area contributed by atoms with Crippen LogP contribution < -0.4 is 10.2 Å². The minimum absolute atomic E-state index is 0.148. The van der Waals surface area contributed by atoms with E-state index in [9.17, 15) is 14.5 Å². The van der Waals surface area contributed by atoms with Crippen molar-refractivity contribution in [2.75, 3.05) is 23.3 Å². The van der Waals surface area contributed by atoms with E-state index in [1.54, 1.807) is 31.2 Å². The molecule has 0 spiro atoms. The molecule has 1 saturated heterocycles. The third-order valence-electron chi connectivity index (χ3n) is 4.47. The Hall–Kier alpha value is -2.63. The average Bonchev–Trinajstić information content (AvgIpc) is 2.57. The highest BCUT2D eigenvalue weighted by molar-refractivity contribution is 5.55. The first-order valence-electron chi connectivity index (χ1n) is 8.05. The summed E-state index contributed by atoms with van der Waals surface area (Å²) in [4.78, 5) is 12.8. The molecule has 0 saturated carbocycles. The number of nitrogens with zero attached hydrogens (tertiary/aromatic N) is 2. The lowest BCUT2D eigenvalue weighted by Gasteiger charge is -2.34. The first-order valence-corrected chi connectivity index (χ1v) is 8.05. The molecule has 1 aliphatic heterocycles. The van der Waals surface area contributed by atoms with Crippen LogP contribution in [0.4, 0.5) is 21.5 Å². The second kappa shape index (κ2) is 6.86. The number of piperidine rings is 1. The van der Waals surface area contributed by atoms with E-state index in [0.717, 1.165) is 31.6 Å². The number of nitro groups is 1. The molecule has 2 aromatic rings. The van der Waals surface area contributed by atoms with Crippen LogP contribution >= 0.6 is 0 Å². The van der Waals surface area contributed by atoms with Crippen LogP contribution in [0, 0.1) is 22.9 Å². The summed E-state index contributed by atoms with van der Waals surface area (Å²) in [6.07, 6.45) is 1.79. The zero-order valence-electron chi connectivity index (χ0n) is 13.5. The fraction of sp³-hybridized carbons (Fsp3) is 0.333. The number of hydrogen-bond donors (Lipinski definition) is 1. The van der Waals surface area contributed by atoms with E-state index in [1.165, 1.54) is 6.07 Å². The Labute approximate surface area is 140 Å². The number of anilines is 2. The van der Waals surface area contributed by atoms with Crippen LogP contribution in [0.3, 0.4) is 0 Å². The molecule has 0 bridgehead atoms. The first kappa shape index (κ1) is 16.2. The molecule has 0 radical (unpaired) electrons. The van der Waals surface area contributed by atoms with Crippen molar-refractivity contribution in [1.82, 2.24) is 0 Å². The summed E-state index contributed by atoms with van der Waals surface area (Å²) in [5.41, 5.74) is 2.36. The molecule has 0 amide bonds. The minimum atomic E-state index is -0.357. The number of aryl methyl sites for hydroxylation is 1. The fourth-order valence-electron chi connectivity index (χ4n) is 3.12. The van der Waals surface area contributed by atoms with Gasteiger partial charge in [-0.05, 0) is 44.0 Å². The summed E-state index contributed by atoms with van der Waals surface area (Å²) in [7, 11) is 0. The summed E-state index contributed by atoms with van der Waals surface area (Å²) in [6, 6.07) is 12.2. The van der Waals surface area contributed by atoms with Gasteiger partial charge in [0, 0.05) is 36.4 Å². The molecular weight excluding hydrogens is 309 g/mol. The van der Waals surface area contributed by atoms with Gasteiger partial charge in [0.1, 0.15) is 5.82 Å². The standard InChI is InChI=1S/C18H20FN3O2/c1-13-12-15(6-7-18(13)22(23)24)21-10-8-14(9-11-21)20-17-5-3-2-4-16(17)19/h2-7,12,14,20H,8-11H2,1H3. The lowest BCUT2D eigenvalue weighted by atomic mass is 10.0. The summed E-state index contributed by atoms with van der Waals surface area (Å²) >= 11 is 0. The second-order valence-electron chi connectivity index (χ2n) is 6.11. The molecule has 1 N–H and O–H groups in total. The fourth-order valence-corrected chi connectivity index (χ4v) is 3.12. The first-order chi connectivity index (χ1) is 11.5. The molecule has 0 unspecified atom stereocenters. The monoisotopic (exact) mass is 329 g/mol. The quantitative estimate of drug-likeness (QED) is 0.677. The third-order valence-corrected chi connectivity index (χ3v) is 4.47. The Bertz CT molecular complexity index is 743. The van der Waals surface area contributed by atoms with E-state index in [1.807, 2.05) is 12.1 Å². The van der Waals surface area contributed by atoms with Gasteiger partial charge in [0.25, 0.3) is 5.69 Å². The molecule has 0 aromatic heterocycles. The van der Waals surface area contributed by atoms with Gasteiger partial charge < -0.3 is 10.2 Å². The lowest BCUT2D eigenvalue weighted by Crippen LogP contribution is -2.39. The minimum Gasteiger partial charge on any atom is -0.380 e. The zero-order valence-corrected chi connectivity index (χ0v) is 13.5. The topological polar surface area (TPSA) is 58.4 Å². The summed E-state index contributed by atoms with van der Waals surface area (Å²) < 4.78 is 13.7. The predicted octanol–water partition coefficient (Wildman–Crippen LogP) is 4.12. The van der Waals surface area contributed by atoms with Gasteiger partial charge in [-0.1, -0.05) is 12.1 Å². The lowest BCUT2D eigenvalue weighted by molar-refractivity contribution is -0.385. The highest BCUT2D eigenvalue weighted by atomic mass is 19.1. The number of benzene rings is 2. The molecule has 3 rings (SSSR count). The number of halogens is 1. The van der Waals surface area contributed by atoms with Gasteiger partial charge in [-0.15, -0.1) is 0 Å². The Balaban J connectivity index is 1.62. The predicted molar refractivity (Wildman–Crippen MR) is 93.1 cm³/mol. The molecule has 5 nitrogen and oxygen atoms in total. The van der Waals surface area contributed by atoms with Crippen molar-refractivity contribution in [3.63, 3.8) is 0 Å². The molecule has 126 valence electrons. The second-order valence-corrected chi connectivity index (χ2v) is 6.11. The number of rotatable bonds is 4. The maximum atomic E-state index is 13.7. The highest BCUT2D eigenvalue weighted by Crippen LogP contribution is 2.27. The highest BCUT2D eigenvalue weighted by Gasteiger charge is 2.21.